The van der Waals surface area contributed by atoms with Crippen LogP contribution in [0.4, 0.5) is 5.82 Å². The molecule has 150 valence electrons. The van der Waals surface area contributed by atoms with Gasteiger partial charge in [0.2, 0.25) is 0 Å². The Labute approximate surface area is 166 Å². The van der Waals surface area contributed by atoms with Gasteiger partial charge in [0.15, 0.2) is 5.65 Å². The fourth-order valence-electron chi connectivity index (χ4n) is 4.07. The molecule has 0 saturated carbocycles. The van der Waals surface area contributed by atoms with Gasteiger partial charge in [-0.3, -0.25) is 9.78 Å². The Kier molecular flexibility index (Phi) is 4.51. The highest BCUT2D eigenvalue weighted by atomic mass is 16.5. The molecule has 2 N–H and O–H groups in total. The fraction of sp³-hybridized carbons (Fsp3) is 0.400. The topological polar surface area (TPSA) is 105 Å². The summed E-state index contributed by atoms with van der Waals surface area (Å²) in [5.74, 6) is 1.45. The van der Waals surface area contributed by atoms with Gasteiger partial charge in [-0.05, 0) is 43.0 Å². The first-order valence-corrected chi connectivity index (χ1v) is 9.89. The van der Waals surface area contributed by atoms with Gasteiger partial charge in [0.05, 0.1) is 11.1 Å². The number of anilines is 1. The zero-order chi connectivity index (χ0) is 19.8. The van der Waals surface area contributed by atoms with E-state index in [2.05, 4.69) is 20.2 Å². The summed E-state index contributed by atoms with van der Waals surface area (Å²) in [6.45, 7) is 3.59. The first kappa shape index (κ1) is 17.9. The number of carbonyl (C=O) groups excluding carboxylic acids is 1. The van der Waals surface area contributed by atoms with E-state index >= 15 is 0 Å². The lowest BCUT2D eigenvalue weighted by Crippen LogP contribution is -2.36. The fourth-order valence-corrected chi connectivity index (χ4v) is 4.07. The Morgan fingerprint density at radius 3 is 2.90 bits per heavy atom. The van der Waals surface area contributed by atoms with Crippen LogP contribution in [0.5, 0.6) is 0 Å². The van der Waals surface area contributed by atoms with Crippen molar-refractivity contribution in [3.8, 4) is 5.82 Å². The SMILES string of the molecule is O=C1NCCN(CC2CCOCC2)c2nc(-n3c(=O)[nH]c4ncccc43)ccc21. The Balaban J connectivity index is 1.59. The van der Waals surface area contributed by atoms with E-state index in [1.165, 1.54) is 4.57 Å². The standard InChI is InChI=1S/C20H22N6O3/c27-19-14-3-4-16(26-15-2-1-7-21-17(15)24-20(26)28)23-18(14)25(9-8-22-19)12-13-5-10-29-11-6-13/h1-4,7,13H,5-6,8-12H2,(H,22,27)(H,21,24,28). The molecule has 29 heavy (non-hydrogen) atoms. The predicted molar refractivity (Wildman–Crippen MR) is 108 cm³/mol. The number of hydrogen-bond donors (Lipinski definition) is 2. The van der Waals surface area contributed by atoms with Gasteiger partial charge in [0.1, 0.15) is 11.6 Å². The largest absolute Gasteiger partial charge is 0.381 e. The number of hydrogen-bond acceptors (Lipinski definition) is 6. The molecule has 3 aromatic heterocycles. The molecule has 0 spiro atoms. The van der Waals surface area contributed by atoms with Crippen molar-refractivity contribution < 1.29 is 9.53 Å². The molecule has 0 aliphatic carbocycles. The number of nitrogens with one attached hydrogen (secondary N) is 2. The number of aromatic amines is 1. The van der Waals surface area contributed by atoms with Crippen LogP contribution < -0.4 is 15.9 Å². The van der Waals surface area contributed by atoms with Crippen molar-refractivity contribution in [3.05, 3.63) is 46.5 Å². The van der Waals surface area contributed by atoms with Crippen molar-refractivity contribution >= 4 is 22.9 Å². The van der Waals surface area contributed by atoms with Gasteiger partial charge in [-0.2, -0.15) is 0 Å². The highest BCUT2D eigenvalue weighted by molar-refractivity contribution is 5.99. The van der Waals surface area contributed by atoms with Gasteiger partial charge in [-0.25, -0.2) is 19.3 Å². The molecule has 0 radical (unpaired) electrons. The number of amides is 1. The summed E-state index contributed by atoms with van der Waals surface area (Å²) in [5.41, 5.74) is 1.38. The summed E-state index contributed by atoms with van der Waals surface area (Å²) < 4.78 is 6.97. The zero-order valence-electron chi connectivity index (χ0n) is 15.9. The van der Waals surface area contributed by atoms with Crippen LogP contribution in [0.25, 0.3) is 17.0 Å². The first-order chi connectivity index (χ1) is 14.2. The van der Waals surface area contributed by atoms with Crippen molar-refractivity contribution in [2.45, 2.75) is 12.8 Å². The van der Waals surface area contributed by atoms with E-state index in [-0.39, 0.29) is 11.6 Å². The number of nitrogens with zero attached hydrogens (tertiary/aromatic N) is 4. The van der Waals surface area contributed by atoms with Crippen LogP contribution in [0.2, 0.25) is 0 Å². The summed E-state index contributed by atoms with van der Waals surface area (Å²) in [4.78, 5) is 39.0. The molecule has 9 heteroatoms. The molecule has 3 aromatic rings. The van der Waals surface area contributed by atoms with Crippen LogP contribution in [0.3, 0.4) is 0 Å². The minimum Gasteiger partial charge on any atom is -0.381 e. The third kappa shape index (κ3) is 3.27. The third-order valence-electron chi connectivity index (χ3n) is 5.58. The van der Waals surface area contributed by atoms with Gasteiger partial charge in [-0.15, -0.1) is 0 Å². The molecule has 1 saturated heterocycles. The number of rotatable bonds is 3. The van der Waals surface area contributed by atoms with Crippen molar-refractivity contribution in [2.24, 2.45) is 5.92 Å². The van der Waals surface area contributed by atoms with E-state index in [1.807, 2.05) is 6.07 Å². The molecule has 0 unspecified atom stereocenters. The molecule has 1 amide bonds. The first-order valence-electron chi connectivity index (χ1n) is 9.89. The van der Waals surface area contributed by atoms with Crippen LogP contribution in [0.15, 0.2) is 35.3 Å². The summed E-state index contributed by atoms with van der Waals surface area (Å²) in [6, 6.07) is 7.05. The maximum absolute atomic E-state index is 12.6. The van der Waals surface area contributed by atoms with Gasteiger partial charge in [-0.1, -0.05) is 0 Å². The number of aromatic nitrogens is 4. The summed E-state index contributed by atoms with van der Waals surface area (Å²) in [6.07, 6.45) is 3.63. The van der Waals surface area contributed by atoms with Crippen LogP contribution in [0, 0.1) is 5.92 Å². The monoisotopic (exact) mass is 394 g/mol. The molecule has 2 aliphatic rings. The van der Waals surface area contributed by atoms with Gasteiger partial charge < -0.3 is 15.0 Å². The number of ether oxygens (including phenoxy) is 1. The smallest absolute Gasteiger partial charge is 0.333 e. The van der Waals surface area contributed by atoms with Crippen molar-refractivity contribution in [1.82, 2.24) is 24.8 Å². The minimum absolute atomic E-state index is 0.138. The second-order valence-corrected chi connectivity index (χ2v) is 7.43. The Bertz CT molecular complexity index is 1110. The Morgan fingerprint density at radius 1 is 1.17 bits per heavy atom. The van der Waals surface area contributed by atoms with Crippen LogP contribution in [-0.4, -0.2) is 58.3 Å². The molecular weight excluding hydrogens is 372 g/mol. The predicted octanol–water partition coefficient (Wildman–Crippen LogP) is 1.09. The number of fused-ring (bicyclic) bond motifs is 2. The molecule has 0 bridgehead atoms. The van der Waals surface area contributed by atoms with Crippen molar-refractivity contribution in [1.29, 1.82) is 0 Å². The van der Waals surface area contributed by atoms with Crippen LogP contribution in [-0.2, 0) is 4.74 Å². The van der Waals surface area contributed by atoms with E-state index < -0.39 is 0 Å². The highest BCUT2D eigenvalue weighted by Crippen LogP contribution is 2.26. The average molecular weight is 394 g/mol. The molecule has 9 nitrogen and oxygen atoms in total. The molecule has 5 rings (SSSR count). The van der Waals surface area contributed by atoms with Gasteiger partial charge in [0, 0.05) is 39.0 Å². The summed E-state index contributed by atoms with van der Waals surface area (Å²) in [7, 11) is 0. The van der Waals surface area contributed by atoms with E-state index in [4.69, 9.17) is 9.72 Å². The van der Waals surface area contributed by atoms with E-state index in [1.54, 1.807) is 24.4 Å². The number of carbonyl (C=O) groups is 1. The lowest BCUT2D eigenvalue weighted by molar-refractivity contribution is 0.0682. The lowest BCUT2D eigenvalue weighted by atomic mass is 9.99. The molecule has 0 aromatic carbocycles. The maximum Gasteiger partial charge on any atom is 0.333 e. The second kappa shape index (κ2) is 7.32. The molecule has 2 aliphatic heterocycles. The van der Waals surface area contributed by atoms with Crippen molar-refractivity contribution in [2.75, 3.05) is 37.7 Å². The van der Waals surface area contributed by atoms with E-state index in [0.29, 0.717) is 47.4 Å². The van der Waals surface area contributed by atoms with E-state index in [9.17, 15) is 9.59 Å². The maximum atomic E-state index is 12.6. The quantitative estimate of drug-likeness (QED) is 0.689. The minimum atomic E-state index is -0.305. The average Bonchev–Trinajstić information content (AvgIpc) is 3.00. The normalized spacial score (nSPS) is 17.8. The molecule has 0 atom stereocenters. The second-order valence-electron chi connectivity index (χ2n) is 7.43. The van der Waals surface area contributed by atoms with Crippen LogP contribution in [0.1, 0.15) is 23.2 Å². The Hall–Kier alpha value is -3.20. The van der Waals surface area contributed by atoms with Gasteiger partial charge >= 0.3 is 5.69 Å². The number of H-pyrrole nitrogens is 1. The summed E-state index contributed by atoms with van der Waals surface area (Å²) in [5, 5.41) is 2.93. The van der Waals surface area contributed by atoms with Crippen LogP contribution >= 0.6 is 0 Å². The third-order valence-corrected chi connectivity index (χ3v) is 5.58. The molecule has 5 heterocycles. The molecular formula is C20H22N6O3. The Morgan fingerprint density at radius 2 is 2.03 bits per heavy atom. The van der Waals surface area contributed by atoms with E-state index in [0.717, 1.165) is 32.6 Å². The zero-order valence-corrected chi connectivity index (χ0v) is 15.9. The van der Waals surface area contributed by atoms with Crippen molar-refractivity contribution in [3.63, 3.8) is 0 Å². The molecule has 1 fully saturated rings. The summed E-state index contributed by atoms with van der Waals surface area (Å²) >= 11 is 0. The highest BCUT2D eigenvalue weighted by Gasteiger charge is 2.26. The lowest BCUT2D eigenvalue weighted by Gasteiger charge is -2.30. The van der Waals surface area contributed by atoms with Gasteiger partial charge in [0.25, 0.3) is 5.91 Å². The number of imidazole rings is 1. The number of pyridine rings is 2.